The minimum atomic E-state index is -1.99. The van der Waals surface area contributed by atoms with Crippen molar-refractivity contribution in [2.75, 3.05) is 0 Å². The molecule has 0 aromatic heterocycles. The van der Waals surface area contributed by atoms with Crippen LogP contribution < -0.4 is 5.30 Å². The van der Waals surface area contributed by atoms with Crippen molar-refractivity contribution in [3.05, 3.63) is 29.3 Å². The lowest BCUT2D eigenvalue weighted by atomic mass is 9.96. The van der Waals surface area contributed by atoms with Gasteiger partial charge in [0, 0.05) is 5.30 Å². The molecule has 156 valence electrons. The van der Waals surface area contributed by atoms with Gasteiger partial charge in [-0.3, -0.25) is 0 Å². The predicted molar refractivity (Wildman–Crippen MR) is 121 cm³/mol. The topological polar surface area (TPSA) is 40.5 Å². The van der Waals surface area contributed by atoms with Crippen molar-refractivity contribution in [2.24, 2.45) is 0 Å². The monoisotopic (exact) mass is 394 g/mol. The Balaban J connectivity index is 2.45. The van der Waals surface area contributed by atoms with Gasteiger partial charge in [0.15, 0.2) is 8.38 Å². The van der Waals surface area contributed by atoms with Crippen LogP contribution in [0.5, 0.6) is 0 Å². The smallest absolute Gasteiger partial charge is 0.199 e. The van der Waals surface area contributed by atoms with Crippen LogP contribution in [0, 0.1) is 0 Å². The SMILES string of the molecule is CCCCCCCCCc1cccc(P(O)O)c1CCCCCCCCC. The zero-order valence-corrected chi connectivity index (χ0v) is 18.8. The van der Waals surface area contributed by atoms with E-state index in [1.807, 2.05) is 12.1 Å². The second-order valence-electron chi connectivity index (χ2n) is 7.95. The molecule has 0 aliphatic carbocycles. The lowest BCUT2D eigenvalue weighted by Crippen LogP contribution is -2.12. The highest BCUT2D eigenvalue weighted by atomic mass is 31.2. The molecule has 0 bridgehead atoms. The standard InChI is InChI=1S/C24H43O2P/c1-3-5-7-9-11-13-15-18-22-19-17-21-24(27(25)26)23(22)20-16-14-12-10-8-6-4-2/h17,19,21,25-26H,3-16,18,20H2,1-2H3. The highest BCUT2D eigenvalue weighted by Crippen LogP contribution is 2.28. The van der Waals surface area contributed by atoms with E-state index in [-0.39, 0.29) is 0 Å². The van der Waals surface area contributed by atoms with Crippen LogP contribution in [-0.4, -0.2) is 9.79 Å². The molecule has 27 heavy (non-hydrogen) atoms. The molecule has 0 radical (unpaired) electrons. The van der Waals surface area contributed by atoms with E-state index in [0.29, 0.717) is 0 Å². The summed E-state index contributed by atoms with van der Waals surface area (Å²) in [5, 5.41) is 0.788. The van der Waals surface area contributed by atoms with Crippen molar-refractivity contribution in [3.63, 3.8) is 0 Å². The van der Waals surface area contributed by atoms with Crippen LogP contribution in [0.4, 0.5) is 0 Å². The maximum Gasteiger partial charge on any atom is 0.199 e. The molecule has 0 spiro atoms. The molecule has 0 amide bonds. The summed E-state index contributed by atoms with van der Waals surface area (Å²) in [4.78, 5) is 19.7. The average Bonchev–Trinajstić information content (AvgIpc) is 2.67. The van der Waals surface area contributed by atoms with Crippen LogP contribution in [-0.2, 0) is 12.8 Å². The molecular weight excluding hydrogens is 351 g/mol. The number of rotatable bonds is 17. The first-order valence-electron chi connectivity index (χ1n) is 11.5. The molecule has 3 heteroatoms. The summed E-state index contributed by atoms with van der Waals surface area (Å²) in [5.41, 5.74) is 2.58. The molecule has 2 N–H and O–H groups in total. The van der Waals surface area contributed by atoms with Gasteiger partial charge in [0.2, 0.25) is 0 Å². The Hall–Kier alpha value is -0.430. The Kier molecular flexibility index (Phi) is 15.1. The van der Waals surface area contributed by atoms with E-state index < -0.39 is 8.38 Å². The lowest BCUT2D eigenvalue weighted by molar-refractivity contribution is 0.496. The van der Waals surface area contributed by atoms with Crippen molar-refractivity contribution in [3.8, 4) is 0 Å². The van der Waals surface area contributed by atoms with Gasteiger partial charge in [-0.1, -0.05) is 103 Å². The van der Waals surface area contributed by atoms with E-state index >= 15 is 0 Å². The molecule has 0 saturated carbocycles. The Morgan fingerprint density at radius 3 is 1.63 bits per heavy atom. The lowest BCUT2D eigenvalue weighted by Gasteiger charge is -2.16. The fraction of sp³-hybridized carbons (Fsp3) is 0.750. The third-order valence-corrected chi connectivity index (χ3v) is 6.39. The first kappa shape index (κ1) is 24.6. The van der Waals surface area contributed by atoms with Crippen molar-refractivity contribution < 1.29 is 9.79 Å². The van der Waals surface area contributed by atoms with E-state index in [2.05, 4.69) is 19.9 Å². The number of unbranched alkanes of at least 4 members (excludes halogenated alkanes) is 12. The van der Waals surface area contributed by atoms with Crippen LogP contribution in [0.3, 0.4) is 0 Å². The number of aryl methyl sites for hydroxylation is 1. The molecule has 0 aliphatic heterocycles. The molecule has 1 aromatic carbocycles. The summed E-state index contributed by atoms with van der Waals surface area (Å²) in [6, 6.07) is 6.12. The fourth-order valence-electron chi connectivity index (χ4n) is 3.86. The average molecular weight is 395 g/mol. The normalized spacial score (nSPS) is 11.4. The van der Waals surface area contributed by atoms with Crippen molar-refractivity contribution in [1.82, 2.24) is 0 Å². The van der Waals surface area contributed by atoms with Crippen molar-refractivity contribution in [2.45, 2.75) is 117 Å². The van der Waals surface area contributed by atoms with Gasteiger partial charge in [0.05, 0.1) is 0 Å². The Morgan fingerprint density at radius 2 is 1.11 bits per heavy atom. The van der Waals surface area contributed by atoms with Gasteiger partial charge in [-0.15, -0.1) is 0 Å². The minimum absolute atomic E-state index is 0.788. The molecule has 0 atom stereocenters. The molecule has 0 aliphatic rings. The molecule has 0 saturated heterocycles. The third kappa shape index (κ3) is 11.2. The van der Waals surface area contributed by atoms with Crippen LogP contribution in [0.2, 0.25) is 0 Å². The quantitative estimate of drug-likeness (QED) is 0.217. The Morgan fingerprint density at radius 1 is 0.630 bits per heavy atom. The van der Waals surface area contributed by atoms with Crippen LogP contribution in [0.1, 0.15) is 115 Å². The Bertz CT molecular complexity index is 473. The summed E-state index contributed by atoms with van der Waals surface area (Å²) in [6.07, 6.45) is 20.4. The second kappa shape index (κ2) is 16.5. The number of benzene rings is 1. The number of hydrogen-bond donors (Lipinski definition) is 2. The minimum Gasteiger partial charge on any atom is -0.347 e. The van der Waals surface area contributed by atoms with E-state index in [4.69, 9.17) is 0 Å². The number of hydrogen-bond acceptors (Lipinski definition) is 2. The van der Waals surface area contributed by atoms with Gasteiger partial charge < -0.3 is 9.79 Å². The highest BCUT2D eigenvalue weighted by Gasteiger charge is 2.14. The first-order chi connectivity index (χ1) is 13.2. The van der Waals surface area contributed by atoms with Gasteiger partial charge in [-0.05, 0) is 42.9 Å². The van der Waals surface area contributed by atoms with Crippen LogP contribution in [0.15, 0.2) is 18.2 Å². The molecule has 2 nitrogen and oxygen atoms in total. The zero-order chi connectivity index (χ0) is 19.7. The second-order valence-corrected chi connectivity index (χ2v) is 9.01. The van der Waals surface area contributed by atoms with E-state index in [0.717, 1.165) is 24.6 Å². The summed E-state index contributed by atoms with van der Waals surface area (Å²) in [7, 11) is -1.99. The molecule has 1 aromatic rings. The Labute approximate surface area is 169 Å². The maximum absolute atomic E-state index is 9.84. The maximum atomic E-state index is 9.84. The van der Waals surface area contributed by atoms with E-state index in [1.165, 1.54) is 94.6 Å². The fourth-order valence-corrected chi connectivity index (χ4v) is 4.58. The van der Waals surface area contributed by atoms with Gasteiger partial charge in [0.1, 0.15) is 0 Å². The van der Waals surface area contributed by atoms with Gasteiger partial charge >= 0.3 is 0 Å². The van der Waals surface area contributed by atoms with Crippen LogP contribution >= 0.6 is 8.38 Å². The van der Waals surface area contributed by atoms with Gasteiger partial charge in [0.25, 0.3) is 0 Å². The molecular formula is C24H43O2P. The molecule has 1 rings (SSSR count). The van der Waals surface area contributed by atoms with E-state index in [1.54, 1.807) is 0 Å². The van der Waals surface area contributed by atoms with Crippen molar-refractivity contribution in [1.29, 1.82) is 0 Å². The van der Waals surface area contributed by atoms with Crippen LogP contribution in [0.25, 0.3) is 0 Å². The first-order valence-corrected chi connectivity index (χ1v) is 12.7. The van der Waals surface area contributed by atoms with Crippen molar-refractivity contribution >= 4 is 13.7 Å². The molecule has 0 unspecified atom stereocenters. The highest BCUT2D eigenvalue weighted by molar-refractivity contribution is 7.54. The summed E-state index contributed by atoms with van der Waals surface area (Å²) >= 11 is 0. The summed E-state index contributed by atoms with van der Waals surface area (Å²) < 4.78 is 0. The molecule has 0 heterocycles. The van der Waals surface area contributed by atoms with Gasteiger partial charge in [-0.25, -0.2) is 0 Å². The van der Waals surface area contributed by atoms with E-state index in [9.17, 15) is 9.79 Å². The third-order valence-electron chi connectivity index (χ3n) is 5.54. The van der Waals surface area contributed by atoms with Gasteiger partial charge in [-0.2, -0.15) is 0 Å². The zero-order valence-electron chi connectivity index (χ0n) is 17.9. The summed E-state index contributed by atoms with van der Waals surface area (Å²) in [6.45, 7) is 4.52. The summed E-state index contributed by atoms with van der Waals surface area (Å²) in [5.74, 6) is 0. The molecule has 0 fully saturated rings. The predicted octanol–water partition coefficient (Wildman–Crippen LogP) is 7.19. The largest absolute Gasteiger partial charge is 0.347 e.